The third kappa shape index (κ3) is 7.17. The highest BCUT2D eigenvalue weighted by Crippen LogP contribution is 2.17. The van der Waals surface area contributed by atoms with Crippen LogP contribution in [0.3, 0.4) is 0 Å². The van der Waals surface area contributed by atoms with E-state index in [1.807, 2.05) is 0 Å². The minimum atomic E-state index is -0.688. The summed E-state index contributed by atoms with van der Waals surface area (Å²) in [5, 5.41) is 0. The molecule has 0 unspecified atom stereocenters. The zero-order valence-electron chi connectivity index (χ0n) is 14.0. The molecule has 130 valence electrons. The first-order chi connectivity index (χ1) is 10.4. The minimum Gasteiger partial charge on any atom is -0.463 e. The molecule has 22 heavy (non-hydrogen) atoms. The van der Waals surface area contributed by atoms with E-state index >= 15 is 0 Å². The van der Waals surface area contributed by atoms with E-state index in [0.717, 1.165) is 0 Å². The third-order valence-electron chi connectivity index (χ3n) is 3.00. The topological polar surface area (TPSA) is 89.5 Å². The van der Waals surface area contributed by atoms with Crippen LogP contribution in [0.15, 0.2) is 0 Å². The number of hydrogen-bond donors (Lipinski definition) is 0. The molecule has 0 aliphatic rings. The van der Waals surface area contributed by atoms with E-state index in [9.17, 15) is 9.59 Å². The van der Waals surface area contributed by atoms with Gasteiger partial charge in [0, 0.05) is 42.3 Å². The SMILES string of the molecule is COC[C@H](OC(C)=O)[C@@H](OC)[C@@H](OC)[C@@H](COC(C)=O)OC. The summed E-state index contributed by atoms with van der Waals surface area (Å²) >= 11 is 0. The molecular formula is C14H26O8. The molecule has 0 heterocycles. The Morgan fingerprint density at radius 3 is 1.68 bits per heavy atom. The monoisotopic (exact) mass is 322 g/mol. The summed E-state index contributed by atoms with van der Waals surface area (Å²) in [4.78, 5) is 22.2. The van der Waals surface area contributed by atoms with Gasteiger partial charge in [0.1, 0.15) is 24.9 Å². The van der Waals surface area contributed by atoms with Crippen molar-refractivity contribution in [3.63, 3.8) is 0 Å². The van der Waals surface area contributed by atoms with Crippen LogP contribution in [0.25, 0.3) is 0 Å². The zero-order valence-corrected chi connectivity index (χ0v) is 14.0. The molecule has 0 spiro atoms. The molecule has 0 aromatic heterocycles. The summed E-state index contributed by atoms with van der Waals surface area (Å²) < 4.78 is 31.3. The maximum Gasteiger partial charge on any atom is 0.303 e. The Hall–Kier alpha value is -1.22. The number of hydrogen-bond acceptors (Lipinski definition) is 8. The first kappa shape index (κ1) is 20.8. The largest absolute Gasteiger partial charge is 0.463 e. The molecule has 0 radical (unpaired) electrons. The van der Waals surface area contributed by atoms with E-state index in [2.05, 4.69) is 0 Å². The average Bonchev–Trinajstić information content (AvgIpc) is 2.45. The van der Waals surface area contributed by atoms with Gasteiger partial charge >= 0.3 is 11.9 Å². The van der Waals surface area contributed by atoms with Crippen LogP contribution in [0.5, 0.6) is 0 Å². The highest BCUT2D eigenvalue weighted by molar-refractivity contribution is 5.66. The van der Waals surface area contributed by atoms with Crippen molar-refractivity contribution in [3.05, 3.63) is 0 Å². The Labute approximate surface area is 130 Å². The van der Waals surface area contributed by atoms with E-state index in [4.69, 9.17) is 28.4 Å². The lowest BCUT2D eigenvalue weighted by atomic mass is 10.0. The van der Waals surface area contributed by atoms with Gasteiger partial charge in [-0.1, -0.05) is 0 Å². The van der Waals surface area contributed by atoms with Gasteiger partial charge in [-0.3, -0.25) is 9.59 Å². The fourth-order valence-corrected chi connectivity index (χ4v) is 2.06. The Morgan fingerprint density at radius 1 is 0.773 bits per heavy atom. The molecule has 0 aromatic rings. The van der Waals surface area contributed by atoms with Gasteiger partial charge in [-0.25, -0.2) is 0 Å². The van der Waals surface area contributed by atoms with Crippen LogP contribution < -0.4 is 0 Å². The molecular weight excluding hydrogens is 296 g/mol. The standard InChI is InChI=1S/C14H26O8/c1-9(15)21-8-11(18-4)13(19-5)14(20-6)12(7-17-3)22-10(2)16/h11-14H,7-8H2,1-6H3/t11-,12+,13+,14-/m1/s1. The van der Waals surface area contributed by atoms with Crippen molar-refractivity contribution in [3.8, 4) is 0 Å². The summed E-state index contributed by atoms with van der Waals surface area (Å²) in [6, 6.07) is 0. The predicted octanol–water partition coefficient (Wildman–Crippen LogP) is 0.173. The van der Waals surface area contributed by atoms with Crippen LogP contribution in [-0.4, -0.2) is 78.0 Å². The van der Waals surface area contributed by atoms with E-state index in [0.29, 0.717) is 0 Å². The number of carbonyl (C=O) groups is 2. The van der Waals surface area contributed by atoms with Crippen LogP contribution in [-0.2, 0) is 38.0 Å². The Morgan fingerprint density at radius 2 is 1.32 bits per heavy atom. The number of methoxy groups -OCH3 is 4. The highest BCUT2D eigenvalue weighted by atomic mass is 16.6. The average molecular weight is 322 g/mol. The first-order valence-corrected chi connectivity index (χ1v) is 6.79. The van der Waals surface area contributed by atoms with Gasteiger partial charge in [-0.05, 0) is 0 Å². The molecule has 0 rings (SSSR count). The summed E-state index contributed by atoms with van der Waals surface area (Å²) in [5.74, 6) is -0.896. The molecule has 8 nitrogen and oxygen atoms in total. The van der Waals surface area contributed by atoms with Gasteiger partial charge in [-0.15, -0.1) is 0 Å². The number of esters is 2. The molecule has 0 N–H and O–H groups in total. The fraction of sp³-hybridized carbons (Fsp3) is 0.857. The van der Waals surface area contributed by atoms with Crippen LogP contribution in [0, 0.1) is 0 Å². The molecule has 0 fully saturated rings. The van der Waals surface area contributed by atoms with Gasteiger partial charge < -0.3 is 28.4 Å². The second-order valence-corrected chi connectivity index (χ2v) is 4.58. The van der Waals surface area contributed by atoms with Crippen molar-refractivity contribution in [1.82, 2.24) is 0 Å². The lowest BCUT2D eigenvalue weighted by Gasteiger charge is -2.34. The van der Waals surface area contributed by atoms with Gasteiger partial charge in [0.2, 0.25) is 0 Å². The molecule has 0 saturated heterocycles. The smallest absolute Gasteiger partial charge is 0.303 e. The molecule has 4 atom stereocenters. The maximum atomic E-state index is 11.2. The van der Waals surface area contributed by atoms with Crippen molar-refractivity contribution in [2.24, 2.45) is 0 Å². The minimum absolute atomic E-state index is 0.00995. The van der Waals surface area contributed by atoms with Crippen LogP contribution >= 0.6 is 0 Å². The van der Waals surface area contributed by atoms with Gasteiger partial charge in [-0.2, -0.15) is 0 Å². The number of carbonyl (C=O) groups excluding carboxylic acids is 2. The third-order valence-corrected chi connectivity index (χ3v) is 3.00. The lowest BCUT2D eigenvalue weighted by Crippen LogP contribution is -2.51. The summed E-state index contributed by atoms with van der Waals surface area (Å²) in [6.07, 6.45) is -2.57. The molecule has 8 heteroatoms. The molecule has 0 aliphatic carbocycles. The first-order valence-electron chi connectivity index (χ1n) is 6.79. The van der Waals surface area contributed by atoms with Gasteiger partial charge in [0.05, 0.1) is 6.61 Å². The van der Waals surface area contributed by atoms with Crippen LogP contribution in [0.1, 0.15) is 13.8 Å². The van der Waals surface area contributed by atoms with E-state index in [1.165, 1.54) is 42.3 Å². The van der Waals surface area contributed by atoms with E-state index in [-0.39, 0.29) is 13.2 Å². The Bertz CT molecular complexity index is 333. The fourth-order valence-electron chi connectivity index (χ4n) is 2.06. The van der Waals surface area contributed by atoms with E-state index in [1.54, 1.807) is 0 Å². The number of rotatable bonds is 11. The molecule has 0 aliphatic heterocycles. The number of ether oxygens (including phenoxy) is 6. The maximum absolute atomic E-state index is 11.2. The van der Waals surface area contributed by atoms with E-state index < -0.39 is 36.4 Å². The summed E-state index contributed by atoms with van der Waals surface area (Å²) in [5.41, 5.74) is 0. The normalized spacial score (nSPS) is 16.5. The lowest BCUT2D eigenvalue weighted by molar-refractivity contribution is -0.185. The summed E-state index contributed by atoms with van der Waals surface area (Å²) in [6.45, 7) is 2.71. The quantitative estimate of drug-likeness (QED) is 0.497. The highest BCUT2D eigenvalue weighted by Gasteiger charge is 2.38. The molecule has 0 saturated carbocycles. The summed E-state index contributed by atoms with van der Waals surface area (Å²) in [7, 11) is 5.87. The molecule has 0 aromatic carbocycles. The van der Waals surface area contributed by atoms with Crippen molar-refractivity contribution in [2.45, 2.75) is 38.3 Å². The van der Waals surface area contributed by atoms with Crippen molar-refractivity contribution in [1.29, 1.82) is 0 Å². The Kier molecular flexibility index (Phi) is 10.7. The van der Waals surface area contributed by atoms with Crippen molar-refractivity contribution < 1.29 is 38.0 Å². The zero-order chi connectivity index (χ0) is 17.1. The molecule has 0 bridgehead atoms. The molecule has 0 amide bonds. The predicted molar refractivity (Wildman–Crippen MR) is 76.5 cm³/mol. The van der Waals surface area contributed by atoms with Gasteiger partial charge in [0.25, 0.3) is 0 Å². The van der Waals surface area contributed by atoms with Gasteiger partial charge in [0.15, 0.2) is 6.10 Å². The van der Waals surface area contributed by atoms with Crippen molar-refractivity contribution in [2.75, 3.05) is 41.7 Å². The second-order valence-electron chi connectivity index (χ2n) is 4.58. The van der Waals surface area contributed by atoms with Crippen LogP contribution in [0.4, 0.5) is 0 Å². The Balaban J connectivity index is 5.12. The van der Waals surface area contributed by atoms with Crippen LogP contribution in [0.2, 0.25) is 0 Å². The van der Waals surface area contributed by atoms with Crippen molar-refractivity contribution >= 4 is 11.9 Å². The second kappa shape index (κ2) is 11.4.